The third kappa shape index (κ3) is 3.66. The molecule has 0 saturated heterocycles. The van der Waals surface area contributed by atoms with Crippen molar-refractivity contribution < 1.29 is 19.1 Å². The van der Waals surface area contributed by atoms with Crippen LogP contribution < -0.4 is 5.73 Å². The van der Waals surface area contributed by atoms with Gasteiger partial charge in [0.25, 0.3) is 0 Å². The summed E-state index contributed by atoms with van der Waals surface area (Å²) in [5, 5.41) is 0. The highest BCUT2D eigenvalue weighted by atomic mass is 32.2. The van der Waals surface area contributed by atoms with Crippen molar-refractivity contribution in [3.8, 4) is 0 Å². The van der Waals surface area contributed by atoms with Crippen LogP contribution in [0.2, 0.25) is 0 Å². The van der Waals surface area contributed by atoms with Gasteiger partial charge in [-0.3, -0.25) is 4.79 Å². The van der Waals surface area contributed by atoms with Gasteiger partial charge in [-0.1, -0.05) is 6.07 Å². The summed E-state index contributed by atoms with van der Waals surface area (Å²) in [5.74, 6) is -0.199. The molecule has 0 unspecified atom stereocenters. The van der Waals surface area contributed by atoms with Crippen LogP contribution in [0.4, 0.5) is 5.69 Å². The Morgan fingerprint density at radius 1 is 1.28 bits per heavy atom. The van der Waals surface area contributed by atoms with Gasteiger partial charge in [0.1, 0.15) is 0 Å². The number of nitrogen functional groups attached to an aromatic ring is 1. The second-order valence-electron chi connectivity index (χ2n) is 3.38. The van der Waals surface area contributed by atoms with E-state index in [0.29, 0.717) is 23.4 Å². The first-order chi connectivity index (χ1) is 8.60. The molecule has 5 nitrogen and oxygen atoms in total. The van der Waals surface area contributed by atoms with E-state index in [-0.39, 0.29) is 5.97 Å². The van der Waals surface area contributed by atoms with Gasteiger partial charge in [-0.2, -0.15) is 0 Å². The maximum atomic E-state index is 11.4. The minimum Gasteiger partial charge on any atom is -0.469 e. The first kappa shape index (κ1) is 14.4. The normalized spacial score (nSPS) is 9.89. The summed E-state index contributed by atoms with van der Waals surface area (Å²) >= 11 is 1.40. The van der Waals surface area contributed by atoms with Gasteiger partial charge in [-0.25, -0.2) is 4.79 Å². The zero-order valence-electron chi connectivity index (χ0n) is 10.3. The molecule has 0 amide bonds. The van der Waals surface area contributed by atoms with Crippen LogP contribution in [0.5, 0.6) is 0 Å². The summed E-state index contributed by atoms with van der Waals surface area (Å²) in [4.78, 5) is 23.1. The largest absolute Gasteiger partial charge is 0.469 e. The van der Waals surface area contributed by atoms with Gasteiger partial charge in [-0.05, 0) is 12.1 Å². The quantitative estimate of drug-likeness (QED) is 0.498. The van der Waals surface area contributed by atoms with E-state index in [0.717, 1.165) is 4.90 Å². The van der Waals surface area contributed by atoms with Crippen molar-refractivity contribution in [2.45, 2.75) is 11.3 Å². The number of benzene rings is 1. The highest BCUT2D eigenvalue weighted by molar-refractivity contribution is 7.99. The summed E-state index contributed by atoms with van der Waals surface area (Å²) in [6, 6.07) is 5.12. The third-order valence-corrected chi connectivity index (χ3v) is 3.34. The molecular weight excluding hydrogens is 254 g/mol. The standard InChI is InChI=1S/C12H15NO4S/c1-16-10(14)6-7-18-9-5-3-4-8(11(9)13)12(15)17-2/h3-5H,6-7,13H2,1-2H3. The van der Waals surface area contributed by atoms with E-state index in [9.17, 15) is 9.59 Å². The summed E-state index contributed by atoms with van der Waals surface area (Å²) in [6.07, 6.45) is 0.295. The molecule has 0 atom stereocenters. The Morgan fingerprint density at radius 2 is 2.00 bits per heavy atom. The van der Waals surface area contributed by atoms with Crippen molar-refractivity contribution >= 4 is 29.4 Å². The Kier molecular flexibility index (Phi) is 5.51. The molecular formula is C12H15NO4S. The molecule has 0 aliphatic carbocycles. The number of esters is 2. The predicted octanol–water partition coefficient (Wildman–Crippen LogP) is 1.71. The van der Waals surface area contributed by atoms with Gasteiger partial charge < -0.3 is 15.2 Å². The molecule has 0 fully saturated rings. The fraction of sp³-hybridized carbons (Fsp3) is 0.333. The Hall–Kier alpha value is -1.69. The second-order valence-corrected chi connectivity index (χ2v) is 4.52. The molecule has 0 heterocycles. The van der Waals surface area contributed by atoms with Crippen LogP contribution in [-0.2, 0) is 14.3 Å². The first-order valence-electron chi connectivity index (χ1n) is 5.26. The van der Waals surface area contributed by atoms with Crippen molar-refractivity contribution in [2.75, 3.05) is 25.7 Å². The van der Waals surface area contributed by atoms with Gasteiger partial charge in [0.05, 0.1) is 31.9 Å². The van der Waals surface area contributed by atoms with Crippen LogP contribution in [0.25, 0.3) is 0 Å². The number of carbonyl (C=O) groups excluding carboxylic acids is 2. The van der Waals surface area contributed by atoms with Gasteiger partial charge in [0.15, 0.2) is 0 Å². The van der Waals surface area contributed by atoms with E-state index in [1.165, 1.54) is 26.0 Å². The van der Waals surface area contributed by atoms with Crippen LogP contribution in [0.3, 0.4) is 0 Å². The molecule has 2 N–H and O–H groups in total. The highest BCUT2D eigenvalue weighted by Gasteiger charge is 2.13. The van der Waals surface area contributed by atoms with Crippen LogP contribution in [0.1, 0.15) is 16.8 Å². The molecule has 0 bridgehead atoms. The number of hydrogen-bond donors (Lipinski definition) is 1. The van der Waals surface area contributed by atoms with Gasteiger partial charge >= 0.3 is 11.9 Å². The lowest BCUT2D eigenvalue weighted by Crippen LogP contribution is -2.06. The van der Waals surface area contributed by atoms with Gasteiger partial charge in [0, 0.05) is 10.6 Å². The smallest absolute Gasteiger partial charge is 0.339 e. The average molecular weight is 269 g/mol. The molecule has 6 heteroatoms. The minimum absolute atomic E-state index is 0.273. The first-order valence-corrected chi connectivity index (χ1v) is 6.25. The summed E-state index contributed by atoms with van der Waals surface area (Å²) in [7, 11) is 2.65. The van der Waals surface area contributed by atoms with Crippen LogP contribution in [0.15, 0.2) is 23.1 Å². The molecule has 0 aliphatic heterocycles. The number of ether oxygens (including phenoxy) is 2. The van der Waals surface area contributed by atoms with E-state index < -0.39 is 5.97 Å². The van der Waals surface area contributed by atoms with Crippen molar-refractivity contribution in [2.24, 2.45) is 0 Å². The minimum atomic E-state index is -0.470. The van der Waals surface area contributed by atoms with Crippen molar-refractivity contribution in [1.29, 1.82) is 0 Å². The lowest BCUT2D eigenvalue weighted by atomic mass is 10.2. The monoisotopic (exact) mass is 269 g/mol. The number of thioether (sulfide) groups is 1. The molecule has 0 saturated carbocycles. The van der Waals surface area contributed by atoms with Crippen LogP contribution in [0, 0.1) is 0 Å². The third-order valence-electron chi connectivity index (χ3n) is 2.26. The van der Waals surface area contributed by atoms with Gasteiger partial charge in [-0.15, -0.1) is 11.8 Å². The molecule has 0 radical (unpaired) electrons. The van der Waals surface area contributed by atoms with E-state index >= 15 is 0 Å². The molecule has 1 rings (SSSR count). The maximum Gasteiger partial charge on any atom is 0.339 e. The number of carbonyl (C=O) groups is 2. The summed E-state index contributed by atoms with van der Waals surface area (Å²) in [6.45, 7) is 0. The summed E-state index contributed by atoms with van der Waals surface area (Å²) in [5.41, 5.74) is 6.58. The Bertz CT molecular complexity index is 448. The van der Waals surface area contributed by atoms with E-state index in [4.69, 9.17) is 5.73 Å². The number of rotatable bonds is 5. The molecule has 98 valence electrons. The Labute approximate surface area is 110 Å². The summed E-state index contributed by atoms with van der Waals surface area (Å²) < 4.78 is 9.17. The fourth-order valence-corrected chi connectivity index (χ4v) is 2.23. The molecule has 0 aromatic heterocycles. The Morgan fingerprint density at radius 3 is 2.61 bits per heavy atom. The molecule has 1 aromatic carbocycles. The van der Waals surface area contributed by atoms with Crippen LogP contribution in [-0.4, -0.2) is 31.9 Å². The highest BCUT2D eigenvalue weighted by Crippen LogP contribution is 2.28. The molecule has 0 aliphatic rings. The Balaban J connectivity index is 2.72. The van der Waals surface area contributed by atoms with Crippen LogP contribution >= 0.6 is 11.8 Å². The zero-order valence-corrected chi connectivity index (χ0v) is 11.1. The number of methoxy groups -OCH3 is 2. The lowest BCUT2D eigenvalue weighted by Gasteiger charge is -2.08. The molecule has 18 heavy (non-hydrogen) atoms. The number of anilines is 1. The van der Waals surface area contributed by atoms with E-state index in [1.54, 1.807) is 18.2 Å². The van der Waals surface area contributed by atoms with Crippen molar-refractivity contribution in [1.82, 2.24) is 0 Å². The predicted molar refractivity (Wildman–Crippen MR) is 69.6 cm³/mol. The second kappa shape index (κ2) is 6.90. The lowest BCUT2D eigenvalue weighted by molar-refractivity contribution is -0.140. The number of para-hydroxylation sites is 1. The maximum absolute atomic E-state index is 11.4. The number of hydrogen-bond acceptors (Lipinski definition) is 6. The SMILES string of the molecule is COC(=O)CCSc1cccc(C(=O)OC)c1N. The molecule has 0 spiro atoms. The fourth-order valence-electron chi connectivity index (χ4n) is 1.30. The van der Waals surface area contributed by atoms with E-state index in [1.807, 2.05) is 0 Å². The molecule has 1 aromatic rings. The number of nitrogens with two attached hydrogens (primary N) is 1. The average Bonchev–Trinajstić information content (AvgIpc) is 2.39. The van der Waals surface area contributed by atoms with Crippen molar-refractivity contribution in [3.05, 3.63) is 23.8 Å². The zero-order chi connectivity index (χ0) is 13.5. The van der Waals surface area contributed by atoms with Crippen molar-refractivity contribution in [3.63, 3.8) is 0 Å². The topological polar surface area (TPSA) is 78.6 Å². The van der Waals surface area contributed by atoms with E-state index in [2.05, 4.69) is 9.47 Å². The van der Waals surface area contributed by atoms with Gasteiger partial charge in [0.2, 0.25) is 0 Å².